The van der Waals surface area contributed by atoms with E-state index < -0.39 is 6.03 Å². The van der Waals surface area contributed by atoms with Crippen molar-refractivity contribution in [2.75, 3.05) is 43.1 Å². The second kappa shape index (κ2) is 12.0. The van der Waals surface area contributed by atoms with Crippen molar-refractivity contribution in [3.05, 3.63) is 59.6 Å². The van der Waals surface area contributed by atoms with Crippen molar-refractivity contribution in [3.63, 3.8) is 0 Å². The van der Waals surface area contributed by atoms with Crippen LogP contribution in [0.5, 0.6) is 0 Å². The molecule has 0 fully saturated rings. The second-order valence-electron chi connectivity index (χ2n) is 9.47. The molecule has 0 aliphatic rings. The van der Waals surface area contributed by atoms with Gasteiger partial charge in [-0.05, 0) is 51.7 Å². The molecule has 35 heavy (non-hydrogen) atoms. The molecule has 0 aliphatic heterocycles. The van der Waals surface area contributed by atoms with Gasteiger partial charge in [0, 0.05) is 41.7 Å². The number of carbonyl (C=O) groups is 1. The summed E-state index contributed by atoms with van der Waals surface area (Å²) in [4.78, 5) is 23.2. The number of nitrogens with zero attached hydrogens (tertiary/aromatic N) is 4. The first-order chi connectivity index (χ1) is 16.7. The lowest BCUT2D eigenvalue weighted by Crippen LogP contribution is -2.19. The summed E-state index contributed by atoms with van der Waals surface area (Å²) in [5, 5.41) is 12.6. The van der Waals surface area contributed by atoms with E-state index in [0.29, 0.717) is 28.8 Å². The Labute approximate surface area is 206 Å². The minimum absolute atomic E-state index is 0.190. The van der Waals surface area contributed by atoms with Gasteiger partial charge in [-0.1, -0.05) is 43.8 Å². The van der Waals surface area contributed by atoms with E-state index in [1.165, 1.54) is 0 Å². The highest BCUT2D eigenvalue weighted by atomic mass is 16.5. The Hall–Kier alpha value is -3.90. The van der Waals surface area contributed by atoms with E-state index in [2.05, 4.69) is 61.9 Å². The Morgan fingerprint density at radius 1 is 1.03 bits per heavy atom. The Kier molecular flexibility index (Phi) is 8.81. The molecule has 9 heteroatoms. The Bertz CT molecular complexity index is 1170. The summed E-state index contributed by atoms with van der Waals surface area (Å²) in [5.74, 6) is 7.78. The van der Waals surface area contributed by atoms with Crippen molar-refractivity contribution in [1.82, 2.24) is 20.0 Å². The second-order valence-corrected chi connectivity index (χ2v) is 9.47. The summed E-state index contributed by atoms with van der Waals surface area (Å²) in [5.41, 5.74) is 1.88. The van der Waals surface area contributed by atoms with Crippen LogP contribution < -0.4 is 16.0 Å². The minimum atomic E-state index is -0.415. The average molecular weight is 476 g/mol. The van der Waals surface area contributed by atoms with Gasteiger partial charge in [0.25, 0.3) is 0 Å². The monoisotopic (exact) mass is 475 g/mol. The van der Waals surface area contributed by atoms with Crippen LogP contribution in [0.3, 0.4) is 0 Å². The molecule has 2 amide bonds. The van der Waals surface area contributed by atoms with Gasteiger partial charge in [-0.25, -0.2) is 14.8 Å². The van der Waals surface area contributed by atoms with Gasteiger partial charge < -0.3 is 20.1 Å². The van der Waals surface area contributed by atoms with Crippen molar-refractivity contribution in [2.24, 2.45) is 0 Å². The van der Waals surface area contributed by atoms with Crippen LogP contribution in [0.4, 0.5) is 22.2 Å². The molecule has 3 rings (SSSR count). The van der Waals surface area contributed by atoms with Crippen molar-refractivity contribution in [2.45, 2.75) is 39.0 Å². The third-order valence-corrected chi connectivity index (χ3v) is 4.93. The minimum Gasteiger partial charge on any atom is -0.359 e. The van der Waals surface area contributed by atoms with Crippen LogP contribution in [0.2, 0.25) is 0 Å². The molecule has 1 aromatic carbocycles. The lowest BCUT2D eigenvalue weighted by Gasteiger charge is -2.12. The van der Waals surface area contributed by atoms with E-state index >= 15 is 0 Å². The highest BCUT2D eigenvalue weighted by Crippen LogP contribution is 2.24. The maximum Gasteiger partial charge on any atom is 0.324 e. The van der Waals surface area contributed by atoms with Crippen LogP contribution in [-0.2, 0) is 5.41 Å². The predicted octanol–water partition coefficient (Wildman–Crippen LogP) is 4.56. The number of hydrogen-bond donors (Lipinski definition) is 3. The average Bonchev–Trinajstić information content (AvgIpc) is 3.27. The maximum absolute atomic E-state index is 12.3. The highest BCUT2D eigenvalue weighted by molar-refractivity contribution is 5.99. The summed E-state index contributed by atoms with van der Waals surface area (Å²) in [7, 11) is 4.14. The van der Waals surface area contributed by atoms with Crippen molar-refractivity contribution < 1.29 is 9.32 Å². The first-order valence-electron chi connectivity index (χ1n) is 11.6. The lowest BCUT2D eigenvalue weighted by molar-refractivity contribution is 0.262. The van der Waals surface area contributed by atoms with Crippen LogP contribution in [0.15, 0.2) is 47.2 Å². The van der Waals surface area contributed by atoms with Crippen molar-refractivity contribution in [3.8, 4) is 11.8 Å². The molecule has 0 atom stereocenters. The Morgan fingerprint density at radius 2 is 1.77 bits per heavy atom. The van der Waals surface area contributed by atoms with Gasteiger partial charge in [0.2, 0.25) is 5.95 Å². The number of aromatic nitrogens is 3. The summed E-state index contributed by atoms with van der Waals surface area (Å²) < 4.78 is 5.29. The number of amides is 2. The van der Waals surface area contributed by atoms with Crippen LogP contribution in [0, 0.1) is 11.8 Å². The van der Waals surface area contributed by atoms with Gasteiger partial charge in [-0.3, -0.25) is 5.32 Å². The third-order valence-electron chi connectivity index (χ3n) is 4.93. The van der Waals surface area contributed by atoms with E-state index in [-0.39, 0.29) is 5.41 Å². The van der Waals surface area contributed by atoms with Crippen LogP contribution in [0.25, 0.3) is 0 Å². The molecule has 0 saturated heterocycles. The number of benzene rings is 1. The number of hydrogen-bond acceptors (Lipinski definition) is 7. The molecule has 0 saturated carbocycles. The summed E-state index contributed by atoms with van der Waals surface area (Å²) in [6.45, 7) is 7.93. The molecule has 0 radical (unpaired) electrons. The standard InChI is InChI=1S/C26H33N7O2/c1-26(2,3)22-16-23(32-35-22)31-25(34)30-21-10-8-9-19(15-21)11-12-20-17-28-24(29-18-20)27-13-6-7-14-33(4)5/h8-10,15-18H,6-7,13-14H2,1-5H3,(H,27,28,29)(H2,30,31,32,34). The van der Waals surface area contributed by atoms with Crippen molar-refractivity contribution in [1.29, 1.82) is 0 Å². The first kappa shape index (κ1) is 25.7. The van der Waals surface area contributed by atoms with Gasteiger partial charge in [0.1, 0.15) is 5.76 Å². The first-order valence-corrected chi connectivity index (χ1v) is 11.6. The molecule has 0 spiro atoms. The van der Waals surface area contributed by atoms with Gasteiger partial charge >= 0.3 is 6.03 Å². The SMILES string of the molecule is CN(C)CCCCNc1ncc(C#Cc2cccc(NC(=O)Nc3cc(C(C)(C)C)on3)c2)cn1. The van der Waals surface area contributed by atoms with Gasteiger partial charge in [0.15, 0.2) is 5.82 Å². The largest absolute Gasteiger partial charge is 0.359 e. The lowest BCUT2D eigenvalue weighted by atomic mass is 9.93. The van der Waals surface area contributed by atoms with Gasteiger partial charge in [-0.2, -0.15) is 0 Å². The molecule has 2 heterocycles. The molecule has 184 valence electrons. The van der Waals surface area contributed by atoms with E-state index in [9.17, 15) is 4.79 Å². The summed E-state index contributed by atoms with van der Waals surface area (Å²) in [6, 6.07) is 8.58. The fraction of sp³-hybridized carbons (Fsp3) is 0.385. The van der Waals surface area contributed by atoms with Gasteiger partial charge in [-0.15, -0.1) is 0 Å². The Morgan fingerprint density at radius 3 is 2.46 bits per heavy atom. The molecular weight excluding hydrogens is 442 g/mol. The number of anilines is 3. The Balaban J connectivity index is 1.52. The number of urea groups is 1. The van der Waals surface area contributed by atoms with Crippen LogP contribution in [0.1, 0.15) is 50.5 Å². The smallest absolute Gasteiger partial charge is 0.324 e. The normalized spacial score (nSPS) is 11.0. The quantitative estimate of drug-likeness (QED) is 0.324. The van der Waals surface area contributed by atoms with E-state index in [1.807, 2.05) is 32.9 Å². The molecule has 0 aliphatic carbocycles. The van der Waals surface area contributed by atoms with E-state index in [1.54, 1.807) is 30.6 Å². The third kappa shape index (κ3) is 8.76. The fourth-order valence-corrected chi connectivity index (χ4v) is 3.02. The maximum atomic E-state index is 12.3. The van der Waals surface area contributed by atoms with E-state index in [0.717, 1.165) is 31.5 Å². The molecular formula is C26H33N7O2. The van der Waals surface area contributed by atoms with Gasteiger partial charge in [0.05, 0.1) is 5.56 Å². The number of nitrogens with one attached hydrogen (secondary N) is 3. The number of carbonyl (C=O) groups excluding carboxylic acids is 1. The van der Waals surface area contributed by atoms with Crippen molar-refractivity contribution >= 4 is 23.5 Å². The molecule has 2 aromatic heterocycles. The van der Waals surface area contributed by atoms with E-state index in [4.69, 9.17) is 4.52 Å². The zero-order valence-electron chi connectivity index (χ0n) is 21.0. The topological polar surface area (TPSA) is 108 Å². The summed E-state index contributed by atoms with van der Waals surface area (Å²) >= 11 is 0. The van der Waals surface area contributed by atoms with Crippen LogP contribution in [-0.4, -0.2) is 53.2 Å². The molecule has 3 aromatic rings. The fourth-order valence-electron chi connectivity index (χ4n) is 3.02. The summed E-state index contributed by atoms with van der Waals surface area (Å²) in [6.07, 6.45) is 5.57. The molecule has 0 unspecified atom stereocenters. The highest BCUT2D eigenvalue weighted by Gasteiger charge is 2.20. The molecule has 0 bridgehead atoms. The van der Waals surface area contributed by atoms with Crippen LogP contribution >= 0.6 is 0 Å². The zero-order chi connectivity index (χ0) is 25.3. The number of unbranched alkanes of at least 4 members (excludes halogenated alkanes) is 1. The molecule has 9 nitrogen and oxygen atoms in total. The molecule has 3 N–H and O–H groups in total. The number of rotatable bonds is 8. The predicted molar refractivity (Wildman–Crippen MR) is 139 cm³/mol. The zero-order valence-corrected chi connectivity index (χ0v) is 21.0.